The number of likely N-dealkylation sites (tertiary alicyclic amines) is 2. The molecule has 1 aromatic heterocycles. The van der Waals surface area contributed by atoms with E-state index in [0.717, 1.165) is 45.8 Å². The number of hydrogen-bond acceptors (Lipinski definition) is 6. The molecule has 0 spiro atoms. The van der Waals surface area contributed by atoms with Crippen LogP contribution >= 0.6 is 0 Å². The summed E-state index contributed by atoms with van der Waals surface area (Å²) in [7, 11) is 0. The Labute approximate surface area is 176 Å². The summed E-state index contributed by atoms with van der Waals surface area (Å²) < 4.78 is 42.1. The summed E-state index contributed by atoms with van der Waals surface area (Å²) in [6.07, 6.45) is -0.793. The molecule has 172 valence electrons. The highest BCUT2D eigenvalue weighted by Gasteiger charge is 2.48. The number of carbonyl (C=O) groups is 3. The third-order valence-corrected chi connectivity index (χ3v) is 5.65. The van der Waals surface area contributed by atoms with E-state index >= 15 is 0 Å². The van der Waals surface area contributed by atoms with Gasteiger partial charge in [-0.2, -0.15) is 13.2 Å². The van der Waals surface area contributed by atoms with Crippen molar-refractivity contribution in [1.82, 2.24) is 14.7 Å². The minimum Gasteiger partial charge on any atom is -0.475 e. The predicted octanol–water partition coefficient (Wildman–Crippen LogP) is 1.06. The average Bonchev–Trinajstić information content (AvgIpc) is 3.44. The molecule has 0 bridgehead atoms. The number of aliphatic carboxylic acids is 1. The molecule has 4 heterocycles. The topological polar surface area (TPSA) is 104 Å². The van der Waals surface area contributed by atoms with Crippen molar-refractivity contribution in [3.8, 4) is 0 Å². The van der Waals surface area contributed by atoms with Crippen molar-refractivity contribution in [3.63, 3.8) is 0 Å². The maximum absolute atomic E-state index is 12.6. The van der Waals surface area contributed by atoms with Crippen molar-refractivity contribution in [2.75, 3.05) is 45.9 Å². The Bertz CT molecular complexity index is 779. The number of carboxylic acids is 1. The molecular weight excluding hydrogens is 423 g/mol. The molecule has 4 rings (SSSR count). The molecule has 31 heavy (non-hydrogen) atoms. The van der Waals surface area contributed by atoms with Crippen LogP contribution in [0.2, 0.25) is 0 Å². The number of fused-ring (bicyclic) bond motifs is 1. The van der Waals surface area contributed by atoms with Crippen molar-refractivity contribution in [2.45, 2.75) is 31.1 Å². The number of furan rings is 1. The Hall–Kier alpha value is -2.60. The average molecular weight is 447 g/mol. The van der Waals surface area contributed by atoms with E-state index in [9.17, 15) is 22.8 Å². The number of alkyl halides is 3. The zero-order chi connectivity index (χ0) is 22.6. The summed E-state index contributed by atoms with van der Waals surface area (Å²) in [5.74, 6) is -2.62. The molecule has 0 radical (unpaired) electrons. The number of rotatable bonds is 4. The smallest absolute Gasteiger partial charge is 0.475 e. The Morgan fingerprint density at radius 2 is 1.81 bits per heavy atom. The normalized spacial score (nSPS) is 24.0. The fraction of sp³-hybridized carbons (Fsp3) is 0.632. The molecule has 0 aliphatic carbocycles. The van der Waals surface area contributed by atoms with Gasteiger partial charge < -0.3 is 24.1 Å². The highest BCUT2D eigenvalue weighted by atomic mass is 19.4. The fourth-order valence-corrected chi connectivity index (χ4v) is 4.10. The predicted molar refractivity (Wildman–Crippen MR) is 99.2 cm³/mol. The Morgan fingerprint density at radius 1 is 1.13 bits per heavy atom. The molecule has 2 atom stereocenters. The summed E-state index contributed by atoms with van der Waals surface area (Å²) in [5, 5.41) is 7.12. The Balaban J connectivity index is 0.000000339. The van der Waals surface area contributed by atoms with Crippen LogP contribution < -0.4 is 0 Å². The first kappa shape index (κ1) is 23.1. The van der Waals surface area contributed by atoms with Crippen LogP contribution in [0.3, 0.4) is 0 Å². The molecule has 3 aliphatic heterocycles. The lowest BCUT2D eigenvalue weighted by atomic mass is 10.1. The highest BCUT2D eigenvalue weighted by Crippen LogP contribution is 2.33. The lowest BCUT2D eigenvalue weighted by molar-refractivity contribution is -0.192. The molecule has 0 saturated carbocycles. The van der Waals surface area contributed by atoms with E-state index in [-0.39, 0.29) is 23.9 Å². The summed E-state index contributed by atoms with van der Waals surface area (Å²) in [4.78, 5) is 40.1. The molecule has 3 saturated heterocycles. The van der Waals surface area contributed by atoms with Gasteiger partial charge in [0.05, 0.1) is 37.1 Å². The first-order valence-electron chi connectivity index (χ1n) is 9.91. The summed E-state index contributed by atoms with van der Waals surface area (Å²) in [6, 6.07) is 1.85. The van der Waals surface area contributed by atoms with Gasteiger partial charge in [-0.05, 0) is 12.5 Å². The van der Waals surface area contributed by atoms with E-state index in [4.69, 9.17) is 19.1 Å². The van der Waals surface area contributed by atoms with Crippen LogP contribution in [0.15, 0.2) is 23.0 Å². The van der Waals surface area contributed by atoms with Crippen molar-refractivity contribution >= 4 is 17.8 Å². The van der Waals surface area contributed by atoms with Gasteiger partial charge in [0.2, 0.25) is 5.91 Å². The third-order valence-electron chi connectivity index (χ3n) is 5.65. The van der Waals surface area contributed by atoms with Gasteiger partial charge in [0.1, 0.15) is 6.26 Å². The zero-order valence-corrected chi connectivity index (χ0v) is 16.7. The highest BCUT2D eigenvalue weighted by molar-refractivity contribution is 5.95. The van der Waals surface area contributed by atoms with Crippen molar-refractivity contribution in [2.24, 2.45) is 0 Å². The second-order valence-electron chi connectivity index (χ2n) is 7.48. The van der Waals surface area contributed by atoms with Crippen molar-refractivity contribution in [3.05, 3.63) is 24.2 Å². The molecule has 9 nitrogen and oxygen atoms in total. The number of halogens is 3. The quantitative estimate of drug-likeness (QED) is 0.736. The van der Waals surface area contributed by atoms with Gasteiger partial charge >= 0.3 is 12.1 Å². The SMILES string of the molecule is O=C(O)C(F)(F)F.O=C1C[C@H]2[C@@H](CCN2C(=O)c2ccoc2)N1CCN1CCOCC1. The van der Waals surface area contributed by atoms with E-state index in [1.165, 1.54) is 12.5 Å². The first-order chi connectivity index (χ1) is 14.7. The maximum atomic E-state index is 12.6. The van der Waals surface area contributed by atoms with Gasteiger partial charge in [-0.3, -0.25) is 14.5 Å². The fourth-order valence-electron chi connectivity index (χ4n) is 4.10. The minimum atomic E-state index is -5.08. The summed E-state index contributed by atoms with van der Waals surface area (Å²) in [5.41, 5.74) is 0.565. The molecular formula is C19H24F3N3O6. The second-order valence-corrected chi connectivity index (χ2v) is 7.48. The van der Waals surface area contributed by atoms with Gasteiger partial charge in [0, 0.05) is 39.1 Å². The molecule has 2 amide bonds. The summed E-state index contributed by atoms with van der Waals surface area (Å²) >= 11 is 0. The van der Waals surface area contributed by atoms with Gasteiger partial charge in [0.15, 0.2) is 0 Å². The van der Waals surface area contributed by atoms with Gasteiger partial charge in [-0.15, -0.1) is 0 Å². The third kappa shape index (κ3) is 5.56. The van der Waals surface area contributed by atoms with E-state index in [2.05, 4.69) is 4.90 Å². The molecule has 1 N–H and O–H groups in total. The standard InChI is InChI=1S/C17H23N3O4.C2HF3O2/c21-16-11-15-14(19(16)5-4-18-6-9-23-10-7-18)1-3-20(15)17(22)13-2-8-24-12-13;3-2(4,5)1(6)7/h2,8,12,14-15H,1,3-7,9-11H2;(H,6,7)/t14-,15+;/m1./s1. The molecule has 0 unspecified atom stereocenters. The van der Waals surface area contributed by atoms with E-state index in [1.807, 2.05) is 9.80 Å². The lowest BCUT2D eigenvalue weighted by Gasteiger charge is -2.30. The largest absolute Gasteiger partial charge is 0.490 e. The van der Waals surface area contributed by atoms with Crippen LogP contribution in [0.1, 0.15) is 23.2 Å². The zero-order valence-electron chi connectivity index (χ0n) is 16.7. The van der Waals surface area contributed by atoms with E-state index < -0.39 is 12.1 Å². The lowest BCUT2D eigenvalue weighted by Crippen LogP contribution is -2.45. The molecule has 3 fully saturated rings. The van der Waals surface area contributed by atoms with Crippen LogP contribution in [0.4, 0.5) is 13.2 Å². The van der Waals surface area contributed by atoms with Crippen LogP contribution in [-0.4, -0.2) is 102 Å². The second kappa shape index (κ2) is 9.69. The Morgan fingerprint density at radius 3 is 2.39 bits per heavy atom. The molecule has 3 aliphatic rings. The monoisotopic (exact) mass is 447 g/mol. The number of ether oxygens (including phenoxy) is 1. The number of morpholine rings is 1. The maximum Gasteiger partial charge on any atom is 0.490 e. The van der Waals surface area contributed by atoms with Crippen LogP contribution in [0, 0.1) is 0 Å². The van der Waals surface area contributed by atoms with Crippen molar-refractivity contribution < 1.29 is 41.8 Å². The molecule has 0 aromatic carbocycles. The van der Waals surface area contributed by atoms with E-state index in [1.54, 1.807) is 6.07 Å². The number of carboxylic acid groups (broad SMARTS) is 1. The van der Waals surface area contributed by atoms with Crippen molar-refractivity contribution in [1.29, 1.82) is 0 Å². The van der Waals surface area contributed by atoms with Gasteiger partial charge in [-0.25, -0.2) is 4.79 Å². The van der Waals surface area contributed by atoms with Gasteiger partial charge in [0.25, 0.3) is 5.91 Å². The summed E-state index contributed by atoms with van der Waals surface area (Å²) in [6.45, 7) is 5.74. The molecule has 12 heteroatoms. The molecule has 1 aromatic rings. The number of hydrogen-bond donors (Lipinski definition) is 1. The number of nitrogens with zero attached hydrogens (tertiary/aromatic N) is 3. The minimum absolute atomic E-state index is 0.00425. The van der Waals surface area contributed by atoms with Gasteiger partial charge in [-0.1, -0.05) is 0 Å². The van der Waals surface area contributed by atoms with Crippen LogP contribution in [-0.2, 0) is 14.3 Å². The first-order valence-corrected chi connectivity index (χ1v) is 9.91. The van der Waals surface area contributed by atoms with Crippen LogP contribution in [0.25, 0.3) is 0 Å². The number of carbonyl (C=O) groups excluding carboxylic acids is 2. The number of amides is 2. The van der Waals surface area contributed by atoms with E-state index in [0.29, 0.717) is 18.5 Å². The Kier molecular flexibility index (Phi) is 7.21. The van der Waals surface area contributed by atoms with Crippen LogP contribution in [0.5, 0.6) is 0 Å².